The fourth-order valence-electron chi connectivity index (χ4n) is 3.30. The Morgan fingerprint density at radius 1 is 1.32 bits per heavy atom. The van der Waals surface area contributed by atoms with Crippen LogP contribution in [0.2, 0.25) is 0 Å². The van der Waals surface area contributed by atoms with Crippen LogP contribution in [-0.2, 0) is 4.79 Å². The number of nitrogens with zero attached hydrogens (tertiary/aromatic N) is 2. The molecule has 110 valence electrons. The molecule has 0 aromatic heterocycles. The molecule has 4 heteroatoms. The Labute approximate surface area is 117 Å². The molecule has 2 fully saturated rings. The van der Waals surface area contributed by atoms with E-state index in [4.69, 9.17) is 5.73 Å². The molecule has 19 heavy (non-hydrogen) atoms. The van der Waals surface area contributed by atoms with Crippen molar-refractivity contribution in [2.75, 3.05) is 32.7 Å². The summed E-state index contributed by atoms with van der Waals surface area (Å²) < 4.78 is 0. The molecule has 1 amide bonds. The van der Waals surface area contributed by atoms with Gasteiger partial charge in [0.1, 0.15) is 0 Å². The summed E-state index contributed by atoms with van der Waals surface area (Å²) in [6.45, 7) is 11.2. The molecule has 1 atom stereocenters. The highest BCUT2D eigenvalue weighted by atomic mass is 16.2. The van der Waals surface area contributed by atoms with Crippen molar-refractivity contribution in [2.45, 2.75) is 46.1 Å². The van der Waals surface area contributed by atoms with Crippen LogP contribution in [0.1, 0.15) is 40.0 Å². The van der Waals surface area contributed by atoms with Crippen LogP contribution in [0, 0.1) is 11.3 Å². The maximum atomic E-state index is 12.5. The Morgan fingerprint density at radius 2 is 1.95 bits per heavy atom. The van der Waals surface area contributed by atoms with E-state index in [2.05, 4.69) is 30.6 Å². The molecular weight excluding hydrogens is 238 g/mol. The van der Waals surface area contributed by atoms with Crippen molar-refractivity contribution < 1.29 is 4.79 Å². The Kier molecular flexibility index (Phi) is 4.51. The maximum absolute atomic E-state index is 12.5. The average Bonchev–Trinajstić information content (AvgIpc) is 2.81. The quantitative estimate of drug-likeness (QED) is 0.838. The van der Waals surface area contributed by atoms with Gasteiger partial charge in [-0.25, -0.2) is 0 Å². The van der Waals surface area contributed by atoms with E-state index in [1.807, 2.05) is 0 Å². The molecule has 2 aliphatic rings. The van der Waals surface area contributed by atoms with Crippen molar-refractivity contribution in [3.05, 3.63) is 0 Å². The molecule has 2 N–H and O–H groups in total. The zero-order valence-electron chi connectivity index (χ0n) is 12.7. The molecule has 0 aromatic carbocycles. The average molecular weight is 267 g/mol. The van der Waals surface area contributed by atoms with E-state index < -0.39 is 0 Å². The highest BCUT2D eigenvalue weighted by Gasteiger charge is 2.37. The molecule has 2 aliphatic heterocycles. The molecule has 1 unspecified atom stereocenters. The second-order valence-corrected chi connectivity index (χ2v) is 6.93. The summed E-state index contributed by atoms with van der Waals surface area (Å²) in [6, 6.07) is 0.600. The fourth-order valence-corrected chi connectivity index (χ4v) is 3.30. The Hall–Kier alpha value is -0.610. The molecule has 0 saturated carbocycles. The van der Waals surface area contributed by atoms with Crippen LogP contribution in [0.25, 0.3) is 0 Å². The number of hydrogen-bond donors (Lipinski definition) is 1. The minimum absolute atomic E-state index is 0.147. The van der Waals surface area contributed by atoms with Crippen LogP contribution in [-0.4, -0.2) is 54.5 Å². The first-order valence-corrected chi connectivity index (χ1v) is 7.68. The number of likely N-dealkylation sites (tertiary alicyclic amines) is 2. The van der Waals surface area contributed by atoms with Crippen molar-refractivity contribution >= 4 is 5.91 Å². The van der Waals surface area contributed by atoms with Crippen molar-refractivity contribution in [2.24, 2.45) is 17.1 Å². The van der Waals surface area contributed by atoms with E-state index in [9.17, 15) is 4.79 Å². The van der Waals surface area contributed by atoms with Gasteiger partial charge in [-0.3, -0.25) is 4.79 Å². The van der Waals surface area contributed by atoms with Gasteiger partial charge in [0.25, 0.3) is 0 Å². The topological polar surface area (TPSA) is 49.6 Å². The first-order valence-electron chi connectivity index (χ1n) is 7.68. The van der Waals surface area contributed by atoms with Crippen molar-refractivity contribution in [3.63, 3.8) is 0 Å². The lowest BCUT2D eigenvalue weighted by atomic mass is 9.90. The van der Waals surface area contributed by atoms with E-state index in [-0.39, 0.29) is 11.3 Å². The number of hydrogen-bond acceptors (Lipinski definition) is 3. The highest BCUT2D eigenvalue weighted by molar-refractivity contribution is 5.79. The number of piperidine rings is 1. The lowest BCUT2D eigenvalue weighted by Crippen LogP contribution is -2.44. The SMILES string of the molecule is CC(C)N1CCC(C(=O)N2CCC(C)(CN)C2)CC1. The summed E-state index contributed by atoms with van der Waals surface area (Å²) in [5.74, 6) is 0.621. The highest BCUT2D eigenvalue weighted by Crippen LogP contribution is 2.31. The summed E-state index contributed by atoms with van der Waals surface area (Å²) in [5, 5.41) is 0. The van der Waals surface area contributed by atoms with Gasteiger partial charge in [-0.2, -0.15) is 0 Å². The zero-order valence-corrected chi connectivity index (χ0v) is 12.7. The van der Waals surface area contributed by atoms with Crippen LogP contribution < -0.4 is 5.73 Å². The Balaban J connectivity index is 1.85. The Bertz CT molecular complexity index is 323. The van der Waals surface area contributed by atoms with Gasteiger partial charge in [-0.15, -0.1) is 0 Å². The molecule has 0 radical (unpaired) electrons. The van der Waals surface area contributed by atoms with Crippen molar-refractivity contribution in [1.29, 1.82) is 0 Å². The first kappa shape index (κ1) is 14.8. The van der Waals surface area contributed by atoms with Crippen LogP contribution >= 0.6 is 0 Å². The van der Waals surface area contributed by atoms with E-state index >= 15 is 0 Å². The van der Waals surface area contributed by atoms with Crippen LogP contribution in [0.3, 0.4) is 0 Å². The minimum Gasteiger partial charge on any atom is -0.342 e. The van der Waals surface area contributed by atoms with E-state index in [1.165, 1.54) is 0 Å². The van der Waals surface area contributed by atoms with Crippen LogP contribution in [0.4, 0.5) is 0 Å². The van der Waals surface area contributed by atoms with E-state index in [0.29, 0.717) is 18.5 Å². The van der Waals surface area contributed by atoms with Crippen molar-refractivity contribution in [3.8, 4) is 0 Å². The van der Waals surface area contributed by atoms with Gasteiger partial charge in [0.05, 0.1) is 0 Å². The number of carbonyl (C=O) groups excluding carboxylic acids is 1. The summed E-state index contributed by atoms with van der Waals surface area (Å²) in [6.07, 6.45) is 3.10. The molecule has 0 aromatic rings. The van der Waals surface area contributed by atoms with Gasteiger partial charge in [0.2, 0.25) is 5.91 Å². The summed E-state index contributed by atoms with van der Waals surface area (Å²) in [7, 11) is 0. The summed E-state index contributed by atoms with van der Waals surface area (Å²) >= 11 is 0. The third kappa shape index (κ3) is 3.29. The maximum Gasteiger partial charge on any atom is 0.225 e. The lowest BCUT2D eigenvalue weighted by Gasteiger charge is -2.35. The van der Waals surface area contributed by atoms with Gasteiger partial charge >= 0.3 is 0 Å². The van der Waals surface area contributed by atoms with Gasteiger partial charge < -0.3 is 15.5 Å². The molecule has 0 aliphatic carbocycles. The van der Waals surface area contributed by atoms with Gasteiger partial charge in [-0.05, 0) is 58.2 Å². The van der Waals surface area contributed by atoms with Gasteiger partial charge in [-0.1, -0.05) is 6.92 Å². The van der Waals surface area contributed by atoms with Crippen LogP contribution in [0.15, 0.2) is 0 Å². The molecule has 2 heterocycles. The third-order valence-corrected chi connectivity index (χ3v) is 4.97. The summed E-state index contributed by atoms with van der Waals surface area (Å²) in [5.41, 5.74) is 5.96. The number of amides is 1. The van der Waals surface area contributed by atoms with Gasteiger partial charge in [0, 0.05) is 25.0 Å². The number of rotatable bonds is 3. The molecule has 0 bridgehead atoms. The minimum atomic E-state index is 0.147. The number of carbonyl (C=O) groups is 1. The normalized spacial score (nSPS) is 30.3. The second-order valence-electron chi connectivity index (χ2n) is 6.93. The smallest absolute Gasteiger partial charge is 0.225 e. The third-order valence-electron chi connectivity index (χ3n) is 4.97. The first-order chi connectivity index (χ1) is 8.95. The standard InChI is InChI=1S/C15H29N3O/c1-12(2)17-7-4-13(5-8-17)14(19)18-9-6-15(3,10-16)11-18/h12-13H,4-11,16H2,1-3H3. The fraction of sp³-hybridized carbons (Fsp3) is 0.933. The lowest BCUT2D eigenvalue weighted by molar-refractivity contribution is -0.136. The van der Waals surface area contributed by atoms with Gasteiger partial charge in [0.15, 0.2) is 0 Å². The zero-order chi connectivity index (χ0) is 14.0. The summed E-state index contributed by atoms with van der Waals surface area (Å²) in [4.78, 5) is 17.1. The predicted octanol–water partition coefficient (Wildman–Crippen LogP) is 1.30. The second kappa shape index (κ2) is 5.80. The molecular formula is C15H29N3O. The largest absolute Gasteiger partial charge is 0.342 e. The number of nitrogens with two attached hydrogens (primary N) is 1. The monoisotopic (exact) mass is 267 g/mol. The molecule has 2 saturated heterocycles. The molecule has 2 rings (SSSR count). The van der Waals surface area contributed by atoms with E-state index in [1.54, 1.807) is 0 Å². The van der Waals surface area contributed by atoms with Crippen molar-refractivity contribution in [1.82, 2.24) is 9.80 Å². The molecule has 4 nitrogen and oxygen atoms in total. The van der Waals surface area contributed by atoms with E-state index in [0.717, 1.165) is 45.4 Å². The van der Waals surface area contributed by atoms with Crippen LogP contribution in [0.5, 0.6) is 0 Å². The molecule has 0 spiro atoms. The predicted molar refractivity (Wildman–Crippen MR) is 77.8 cm³/mol. The Morgan fingerprint density at radius 3 is 2.42 bits per heavy atom.